The predicted molar refractivity (Wildman–Crippen MR) is 90.9 cm³/mol. The molecular weight excluding hydrogens is 288 g/mol. The molecule has 3 aliphatic heterocycles. The molecule has 0 aromatic heterocycles. The zero-order chi connectivity index (χ0) is 16.0. The molecule has 0 bridgehead atoms. The van der Waals surface area contributed by atoms with Gasteiger partial charge in [0.25, 0.3) is 0 Å². The summed E-state index contributed by atoms with van der Waals surface area (Å²) in [5, 5.41) is 3.67. The van der Waals surface area contributed by atoms with Gasteiger partial charge in [0.05, 0.1) is 19.1 Å². The maximum Gasteiger partial charge on any atom is 0.309 e. The van der Waals surface area contributed by atoms with Gasteiger partial charge in [0.2, 0.25) is 0 Å². The first-order valence-electron chi connectivity index (χ1n) is 8.63. The fourth-order valence-electron chi connectivity index (χ4n) is 4.54. The lowest BCUT2D eigenvalue weighted by molar-refractivity contribution is -0.146. The second-order valence-corrected chi connectivity index (χ2v) is 6.88. The highest BCUT2D eigenvalue weighted by molar-refractivity contribution is 5.89. The van der Waals surface area contributed by atoms with Gasteiger partial charge in [-0.25, -0.2) is 0 Å². The van der Waals surface area contributed by atoms with E-state index in [9.17, 15) is 4.79 Å². The number of piperidine rings is 1. The third-order valence-corrected chi connectivity index (χ3v) is 5.67. The van der Waals surface area contributed by atoms with Crippen LogP contribution >= 0.6 is 0 Å². The molecular formula is C19H24N2O2. The van der Waals surface area contributed by atoms with Crippen LogP contribution in [0.4, 0.5) is 5.69 Å². The minimum Gasteiger partial charge on any atom is -0.469 e. The highest BCUT2D eigenvalue weighted by atomic mass is 16.5. The Balaban J connectivity index is 1.83. The van der Waals surface area contributed by atoms with Crippen LogP contribution in [-0.2, 0) is 9.53 Å². The zero-order valence-electron chi connectivity index (χ0n) is 13.8. The van der Waals surface area contributed by atoms with Crippen LogP contribution in [0.5, 0.6) is 0 Å². The first-order valence-corrected chi connectivity index (χ1v) is 8.63. The Kier molecular flexibility index (Phi) is 3.55. The lowest BCUT2D eigenvalue weighted by atomic mass is 9.77. The van der Waals surface area contributed by atoms with Crippen LogP contribution in [0.15, 0.2) is 30.0 Å². The lowest BCUT2D eigenvalue weighted by Gasteiger charge is -2.44. The molecule has 3 heterocycles. The number of allylic oxidation sites excluding steroid dienone is 1. The van der Waals surface area contributed by atoms with Crippen molar-refractivity contribution in [3.63, 3.8) is 0 Å². The van der Waals surface area contributed by atoms with E-state index in [0.29, 0.717) is 6.04 Å². The summed E-state index contributed by atoms with van der Waals surface area (Å²) < 4.78 is 5.03. The molecule has 0 radical (unpaired) electrons. The van der Waals surface area contributed by atoms with Crippen molar-refractivity contribution in [2.24, 2.45) is 11.8 Å². The monoisotopic (exact) mass is 312 g/mol. The molecule has 1 N–H and O–H groups in total. The van der Waals surface area contributed by atoms with Crippen LogP contribution in [0.2, 0.25) is 0 Å². The van der Waals surface area contributed by atoms with Crippen LogP contribution in [0, 0.1) is 11.8 Å². The fraction of sp³-hybridized carbons (Fsp3) is 0.526. The van der Waals surface area contributed by atoms with E-state index in [1.165, 1.54) is 29.6 Å². The number of esters is 1. The molecule has 1 fully saturated rings. The van der Waals surface area contributed by atoms with Gasteiger partial charge in [-0.3, -0.25) is 4.79 Å². The van der Waals surface area contributed by atoms with Gasteiger partial charge in [0.1, 0.15) is 0 Å². The summed E-state index contributed by atoms with van der Waals surface area (Å²) >= 11 is 0. The second-order valence-electron chi connectivity index (χ2n) is 6.88. The van der Waals surface area contributed by atoms with Crippen LogP contribution in [-0.4, -0.2) is 37.1 Å². The van der Waals surface area contributed by atoms with Gasteiger partial charge < -0.3 is 15.0 Å². The van der Waals surface area contributed by atoms with E-state index in [1.54, 1.807) is 0 Å². The lowest BCUT2D eigenvalue weighted by Crippen LogP contribution is -2.44. The highest BCUT2D eigenvalue weighted by Crippen LogP contribution is 2.47. The van der Waals surface area contributed by atoms with Crippen molar-refractivity contribution >= 4 is 17.2 Å². The maximum absolute atomic E-state index is 12.1. The average Bonchev–Trinajstić information content (AvgIpc) is 2.98. The molecule has 1 aromatic rings. The first kappa shape index (κ1) is 14.6. The number of hydrogen-bond donors (Lipinski definition) is 1. The molecule has 3 unspecified atom stereocenters. The number of benzene rings is 1. The Morgan fingerprint density at radius 1 is 1.30 bits per heavy atom. The molecule has 0 aliphatic carbocycles. The Bertz CT molecular complexity index is 667. The molecule has 23 heavy (non-hydrogen) atoms. The van der Waals surface area contributed by atoms with Crippen LogP contribution in [0.25, 0.3) is 5.57 Å². The van der Waals surface area contributed by atoms with Crippen molar-refractivity contribution in [3.8, 4) is 0 Å². The van der Waals surface area contributed by atoms with Gasteiger partial charge >= 0.3 is 5.97 Å². The molecule has 122 valence electrons. The van der Waals surface area contributed by atoms with Crippen molar-refractivity contribution in [3.05, 3.63) is 35.5 Å². The number of carbonyl (C=O) groups excluding carboxylic acids is 1. The Hall–Kier alpha value is -1.97. The molecule has 4 heteroatoms. The quantitative estimate of drug-likeness (QED) is 0.852. The Labute approximate surface area is 137 Å². The summed E-state index contributed by atoms with van der Waals surface area (Å²) in [5.74, 6) is 0.0880. The van der Waals surface area contributed by atoms with E-state index in [-0.39, 0.29) is 17.8 Å². The van der Waals surface area contributed by atoms with Crippen molar-refractivity contribution in [1.82, 2.24) is 4.90 Å². The fourth-order valence-corrected chi connectivity index (χ4v) is 4.54. The number of carbonyl (C=O) groups is 1. The number of para-hydroxylation sites is 1. The number of nitrogens with zero attached hydrogens (tertiary/aromatic N) is 1. The van der Waals surface area contributed by atoms with E-state index in [1.807, 2.05) is 6.92 Å². The molecule has 1 saturated heterocycles. The van der Waals surface area contributed by atoms with Gasteiger partial charge in [0, 0.05) is 41.5 Å². The molecule has 1 aromatic carbocycles. The number of fused-ring (bicyclic) bond motifs is 4. The Morgan fingerprint density at radius 3 is 2.96 bits per heavy atom. The second kappa shape index (κ2) is 5.59. The third-order valence-electron chi connectivity index (χ3n) is 5.67. The normalized spacial score (nSPS) is 26.8. The summed E-state index contributed by atoms with van der Waals surface area (Å²) in [4.78, 5) is 14.7. The molecule has 4 nitrogen and oxygen atoms in total. The summed E-state index contributed by atoms with van der Waals surface area (Å²) in [6.07, 6.45) is 3.36. The van der Waals surface area contributed by atoms with E-state index in [4.69, 9.17) is 4.74 Å². The highest BCUT2D eigenvalue weighted by Gasteiger charge is 2.41. The summed E-state index contributed by atoms with van der Waals surface area (Å²) in [5.41, 5.74) is 5.37. The van der Waals surface area contributed by atoms with E-state index in [2.05, 4.69) is 34.5 Å². The topological polar surface area (TPSA) is 41.6 Å². The van der Waals surface area contributed by atoms with Gasteiger partial charge in [-0.15, -0.1) is 0 Å². The molecule has 4 rings (SSSR count). The SMILES string of the molecule is COC(=O)C(C)C1CCCN2CCC3Nc4ccccc4C3=C12. The van der Waals surface area contributed by atoms with E-state index < -0.39 is 0 Å². The summed E-state index contributed by atoms with van der Waals surface area (Å²) in [6.45, 7) is 4.21. The van der Waals surface area contributed by atoms with Crippen molar-refractivity contribution in [2.45, 2.75) is 32.2 Å². The Morgan fingerprint density at radius 2 is 2.13 bits per heavy atom. The van der Waals surface area contributed by atoms with Gasteiger partial charge in [-0.1, -0.05) is 25.1 Å². The average molecular weight is 312 g/mol. The molecule has 0 spiro atoms. The van der Waals surface area contributed by atoms with Crippen LogP contribution < -0.4 is 5.32 Å². The van der Waals surface area contributed by atoms with Gasteiger partial charge in [-0.05, 0) is 25.3 Å². The number of hydrogen-bond acceptors (Lipinski definition) is 4. The first-order chi connectivity index (χ1) is 11.2. The summed E-state index contributed by atoms with van der Waals surface area (Å²) in [7, 11) is 1.49. The van der Waals surface area contributed by atoms with Crippen molar-refractivity contribution < 1.29 is 9.53 Å². The van der Waals surface area contributed by atoms with Crippen LogP contribution in [0.1, 0.15) is 31.7 Å². The standard InChI is InChI=1S/C19H24N2O2/c1-12(19(22)23-2)13-7-5-10-21-11-9-16-17(18(13)21)14-6-3-4-8-15(14)20-16/h3-4,6,8,12-13,16,20H,5,7,9-11H2,1-2H3. The van der Waals surface area contributed by atoms with Crippen molar-refractivity contribution in [2.75, 3.05) is 25.5 Å². The van der Waals surface area contributed by atoms with E-state index in [0.717, 1.165) is 32.4 Å². The summed E-state index contributed by atoms with van der Waals surface area (Å²) in [6, 6.07) is 8.96. The molecule has 0 saturated carbocycles. The minimum atomic E-state index is -0.0914. The van der Waals surface area contributed by atoms with Gasteiger partial charge in [0.15, 0.2) is 0 Å². The molecule has 3 atom stereocenters. The third kappa shape index (κ3) is 2.23. The molecule has 0 amide bonds. The van der Waals surface area contributed by atoms with Crippen LogP contribution in [0.3, 0.4) is 0 Å². The molecule has 3 aliphatic rings. The minimum absolute atomic E-state index is 0.0863. The van der Waals surface area contributed by atoms with Gasteiger partial charge in [-0.2, -0.15) is 0 Å². The number of ether oxygens (including phenoxy) is 1. The van der Waals surface area contributed by atoms with Crippen molar-refractivity contribution in [1.29, 1.82) is 0 Å². The number of nitrogens with one attached hydrogen (secondary N) is 1. The zero-order valence-corrected chi connectivity index (χ0v) is 13.8. The smallest absolute Gasteiger partial charge is 0.309 e. The largest absolute Gasteiger partial charge is 0.469 e. The number of methoxy groups -OCH3 is 1. The number of rotatable bonds is 2. The maximum atomic E-state index is 12.1. The number of anilines is 1. The van der Waals surface area contributed by atoms with E-state index >= 15 is 0 Å². The predicted octanol–water partition coefficient (Wildman–Crippen LogP) is 3.12.